The highest BCUT2D eigenvalue weighted by Gasteiger charge is 2.33. The SMILES string of the molecule is C[C@H]1COC[C@H]2CN(Cc3ccn4ncnc4c3)CCN21.O=CO. The minimum Gasteiger partial charge on any atom is -0.483 e. The van der Waals surface area contributed by atoms with Crippen molar-refractivity contribution >= 4 is 12.1 Å². The maximum atomic E-state index is 8.36. The van der Waals surface area contributed by atoms with E-state index in [1.54, 1.807) is 10.8 Å². The van der Waals surface area contributed by atoms with Gasteiger partial charge in [-0.05, 0) is 24.6 Å². The highest BCUT2D eigenvalue weighted by atomic mass is 16.5. The van der Waals surface area contributed by atoms with Crippen LogP contribution < -0.4 is 0 Å². The zero-order valence-corrected chi connectivity index (χ0v) is 13.8. The van der Waals surface area contributed by atoms with Crippen molar-refractivity contribution in [3.8, 4) is 0 Å². The van der Waals surface area contributed by atoms with Crippen molar-refractivity contribution in [3.63, 3.8) is 0 Å². The predicted octanol–water partition coefficient (Wildman–Crippen LogP) is 0.335. The van der Waals surface area contributed by atoms with Crippen LogP contribution in [0.4, 0.5) is 0 Å². The standard InChI is InChI=1S/C15H21N5O.CH2O2/c1-12-9-21-10-14-8-18(4-5-19(12)14)7-13-2-3-20-15(6-13)16-11-17-20;2-1-3/h2-3,6,11-12,14H,4-5,7-10H2,1H3;1H,(H,2,3)/t12-,14+;/m0./s1. The number of rotatable bonds is 2. The van der Waals surface area contributed by atoms with Crippen molar-refractivity contribution in [1.29, 1.82) is 0 Å². The van der Waals surface area contributed by atoms with Crippen LogP contribution in [0.3, 0.4) is 0 Å². The van der Waals surface area contributed by atoms with Crippen molar-refractivity contribution in [2.45, 2.75) is 25.6 Å². The van der Waals surface area contributed by atoms with Gasteiger partial charge in [0, 0.05) is 44.5 Å². The Morgan fingerprint density at radius 3 is 3.08 bits per heavy atom. The lowest BCUT2D eigenvalue weighted by molar-refractivity contribution is -0.122. The second-order valence-corrected chi connectivity index (χ2v) is 6.22. The summed E-state index contributed by atoms with van der Waals surface area (Å²) < 4.78 is 7.51. The van der Waals surface area contributed by atoms with Gasteiger partial charge in [0.15, 0.2) is 5.65 Å². The first-order valence-electron chi connectivity index (χ1n) is 8.13. The molecule has 4 heterocycles. The van der Waals surface area contributed by atoms with E-state index in [1.807, 2.05) is 6.20 Å². The Morgan fingerprint density at radius 1 is 1.42 bits per heavy atom. The Labute approximate surface area is 140 Å². The summed E-state index contributed by atoms with van der Waals surface area (Å²) in [5, 5.41) is 11.0. The van der Waals surface area contributed by atoms with Gasteiger partial charge < -0.3 is 9.84 Å². The predicted molar refractivity (Wildman–Crippen MR) is 87.7 cm³/mol. The zero-order chi connectivity index (χ0) is 16.9. The molecule has 2 aliphatic heterocycles. The van der Waals surface area contributed by atoms with Gasteiger partial charge in [0.05, 0.1) is 13.2 Å². The first kappa shape index (κ1) is 16.8. The van der Waals surface area contributed by atoms with Gasteiger partial charge in [0.1, 0.15) is 6.33 Å². The molecule has 2 aliphatic rings. The van der Waals surface area contributed by atoms with Crippen molar-refractivity contribution in [3.05, 3.63) is 30.2 Å². The van der Waals surface area contributed by atoms with Crippen molar-refractivity contribution in [2.75, 3.05) is 32.8 Å². The van der Waals surface area contributed by atoms with Gasteiger partial charge in [-0.15, -0.1) is 0 Å². The molecule has 1 N–H and O–H groups in total. The molecule has 8 nitrogen and oxygen atoms in total. The number of morpholine rings is 1. The average Bonchev–Trinajstić information content (AvgIpc) is 3.03. The lowest BCUT2D eigenvalue weighted by Crippen LogP contribution is -2.60. The van der Waals surface area contributed by atoms with Crippen LogP contribution in [0, 0.1) is 0 Å². The number of aromatic nitrogens is 3. The number of hydrogen-bond acceptors (Lipinski definition) is 6. The minimum atomic E-state index is -0.250. The molecule has 2 atom stereocenters. The van der Waals surface area contributed by atoms with Gasteiger partial charge in [-0.25, -0.2) is 9.50 Å². The van der Waals surface area contributed by atoms with Crippen LogP contribution in [-0.2, 0) is 16.1 Å². The molecule has 2 aromatic rings. The molecule has 130 valence electrons. The molecule has 2 fully saturated rings. The van der Waals surface area contributed by atoms with Crippen molar-refractivity contribution in [2.24, 2.45) is 0 Å². The van der Waals surface area contributed by atoms with Gasteiger partial charge in [-0.3, -0.25) is 14.6 Å². The van der Waals surface area contributed by atoms with E-state index < -0.39 is 0 Å². The first-order valence-corrected chi connectivity index (χ1v) is 8.13. The Balaban J connectivity index is 0.000000526. The summed E-state index contributed by atoms with van der Waals surface area (Å²) in [7, 11) is 0. The molecule has 0 saturated carbocycles. The summed E-state index contributed by atoms with van der Waals surface area (Å²) >= 11 is 0. The van der Waals surface area contributed by atoms with Crippen LogP contribution in [0.5, 0.6) is 0 Å². The third-order valence-corrected chi connectivity index (χ3v) is 4.60. The molecule has 8 heteroatoms. The van der Waals surface area contributed by atoms with E-state index in [2.05, 4.69) is 38.9 Å². The molecule has 24 heavy (non-hydrogen) atoms. The normalized spacial score (nSPS) is 24.9. The number of fused-ring (bicyclic) bond motifs is 2. The lowest BCUT2D eigenvalue weighted by Gasteiger charge is -2.47. The van der Waals surface area contributed by atoms with Crippen LogP contribution in [-0.4, -0.2) is 80.9 Å². The molecule has 2 aromatic heterocycles. The van der Waals surface area contributed by atoms with Gasteiger partial charge in [-0.1, -0.05) is 0 Å². The maximum absolute atomic E-state index is 8.36. The summed E-state index contributed by atoms with van der Waals surface area (Å²) in [5.41, 5.74) is 2.22. The van der Waals surface area contributed by atoms with E-state index >= 15 is 0 Å². The fourth-order valence-corrected chi connectivity index (χ4v) is 3.49. The molecular weight excluding hydrogens is 310 g/mol. The minimum absolute atomic E-state index is 0.250. The topological polar surface area (TPSA) is 83.2 Å². The fraction of sp³-hybridized carbons (Fsp3) is 0.562. The summed E-state index contributed by atoms with van der Waals surface area (Å²) in [5.74, 6) is 0. The molecule has 0 aromatic carbocycles. The number of nitrogens with zero attached hydrogens (tertiary/aromatic N) is 5. The molecular formula is C16H23N5O3. The Kier molecular flexibility index (Phi) is 5.39. The number of carboxylic acid groups (broad SMARTS) is 1. The van der Waals surface area contributed by atoms with E-state index in [0.29, 0.717) is 12.1 Å². The average molecular weight is 333 g/mol. The van der Waals surface area contributed by atoms with E-state index in [9.17, 15) is 0 Å². The molecule has 0 spiro atoms. The van der Waals surface area contributed by atoms with Crippen LogP contribution in [0.1, 0.15) is 12.5 Å². The summed E-state index contributed by atoms with van der Waals surface area (Å²) in [6.07, 6.45) is 3.58. The quantitative estimate of drug-likeness (QED) is 0.793. The van der Waals surface area contributed by atoms with Gasteiger partial charge in [-0.2, -0.15) is 5.10 Å². The van der Waals surface area contributed by atoms with Crippen LogP contribution in [0.2, 0.25) is 0 Å². The van der Waals surface area contributed by atoms with Gasteiger partial charge >= 0.3 is 0 Å². The molecule has 0 aliphatic carbocycles. The van der Waals surface area contributed by atoms with E-state index in [4.69, 9.17) is 14.6 Å². The third-order valence-electron chi connectivity index (χ3n) is 4.60. The fourth-order valence-electron chi connectivity index (χ4n) is 3.49. The van der Waals surface area contributed by atoms with E-state index in [-0.39, 0.29) is 6.47 Å². The Morgan fingerprint density at radius 2 is 2.25 bits per heavy atom. The summed E-state index contributed by atoms with van der Waals surface area (Å²) in [6.45, 7) is 8.08. The second-order valence-electron chi connectivity index (χ2n) is 6.22. The van der Waals surface area contributed by atoms with E-state index in [1.165, 1.54) is 5.56 Å². The zero-order valence-electron chi connectivity index (χ0n) is 13.8. The molecule has 0 bridgehead atoms. The molecule has 0 radical (unpaired) electrons. The summed E-state index contributed by atoms with van der Waals surface area (Å²) in [6, 6.07) is 5.35. The third kappa shape index (κ3) is 3.72. The molecule has 2 saturated heterocycles. The second kappa shape index (κ2) is 7.69. The number of piperazine rings is 1. The van der Waals surface area contributed by atoms with Gasteiger partial charge in [0.2, 0.25) is 0 Å². The van der Waals surface area contributed by atoms with E-state index in [0.717, 1.165) is 45.0 Å². The van der Waals surface area contributed by atoms with Gasteiger partial charge in [0.25, 0.3) is 6.47 Å². The maximum Gasteiger partial charge on any atom is 0.290 e. The smallest absolute Gasteiger partial charge is 0.290 e. The number of hydrogen-bond donors (Lipinski definition) is 1. The Hall–Kier alpha value is -2.03. The molecule has 0 unspecified atom stereocenters. The summed E-state index contributed by atoms with van der Waals surface area (Å²) in [4.78, 5) is 17.7. The Bertz CT molecular complexity index is 677. The van der Waals surface area contributed by atoms with Crippen molar-refractivity contribution in [1.82, 2.24) is 24.4 Å². The molecule has 4 rings (SSSR count). The van der Waals surface area contributed by atoms with Crippen LogP contribution in [0.25, 0.3) is 5.65 Å². The highest BCUT2D eigenvalue weighted by molar-refractivity contribution is 5.39. The number of pyridine rings is 1. The number of ether oxygens (including phenoxy) is 1. The monoisotopic (exact) mass is 333 g/mol. The molecule has 0 amide bonds. The van der Waals surface area contributed by atoms with Crippen molar-refractivity contribution < 1.29 is 14.6 Å². The first-order chi connectivity index (χ1) is 11.7. The van der Waals surface area contributed by atoms with Crippen LogP contribution in [0.15, 0.2) is 24.7 Å². The highest BCUT2D eigenvalue weighted by Crippen LogP contribution is 2.20. The lowest BCUT2D eigenvalue weighted by atomic mass is 10.1. The number of carbonyl (C=O) groups is 1. The largest absolute Gasteiger partial charge is 0.483 e. The van der Waals surface area contributed by atoms with Crippen LogP contribution >= 0.6 is 0 Å².